The Hall–Kier alpha value is -3.93. The Morgan fingerprint density at radius 2 is 1.26 bits per heavy atom. The van der Waals surface area contributed by atoms with Crippen molar-refractivity contribution >= 4 is 18.1 Å². The third-order valence-electron chi connectivity index (χ3n) is 4.44. The van der Waals surface area contributed by atoms with Gasteiger partial charge in [0, 0.05) is 6.07 Å². The summed E-state index contributed by atoms with van der Waals surface area (Å²) in [5, 5.41) is 8.92. The minimum absolute atomic E-state index is 0.218. The van der Waals surface area contributed by atoms with E-state index in [2.05, 4.69) is 0 Å². The van der Waals surface area contributed by atoms with Crippen LogP contribution in [0.4, 0.5) is 0 Å². The fraction of sp³-hybridized carbons (Fsp3) is 0.160. The van der Waals surface area contributed by atoms with Crippen molar-refractivity contribution in [1.82, 2.24) is 0 Å². The lowest BCUT2D eigenvalue weighted by molar-refractivity contribution is 0.0697. The van der Waals surface area contributed by atoms with E-state index >= 15 is 0 Å². The maximum Gasteiger partial charge on any atom is 0.335 e. The first-order valence-corrected chi connectivity index (χ1v) is 9.67. The van der Waals surface area contributed by atoms with E-state index in [1.165, 1.54) is 12.1 Å². The summed E-state index contributed by atoms with van der Waals surface area (Å²) in [6, 6.07) is 19.7. The summed E-state index contributed by atoms with van der Waals surface area (Å²) in [5.74, 6) is 1.79. The number of methoxy groups -OCH3 is 2. The lowest BCUT2D eigenvalue weighted by Gasteiger charge is -2.11. The van der Waals surface area contributed by atoms with Crippen molar-refractivity contribution in [2.75, 3.05) is 27.4 Å². The van der Waals surface area contributed by atoms with Gasteiger partial charge in [0.05, 0.1) is 19.8 Å². The van der Waals surface area contributed by atoms with Gasteiger partial charge >= 0.3 is 5.97 Å². The molecule has 6 nitrogen and oxygen atoms in total. The second kappa shape index (κ2) is 10.7. The van der Waals surface area contributed by atoms with Gasteiger partial charge in [-0.2, -0.15) is 0 Å². The first-order valence-electron chi connectivity index (χ1n) is 9.67. The van der Waals surface area contributed by atoms with E-state index in [9.17, 15) is 4.79 Å². The van der Waals surface area contributed by atoms with Crippen LogP contribution < -0.4 is 18.9 Å². The molecular weight excluding hydrogens is 396 g/mol. The Morgan fingerprint density at radius 1 is 0.710 bits per heavy atom. The lowest BCUT2D eigenvalue weighted by atomic mass is 10.1. The average Bonchev–Trinajstić information content (AvgIpc) is 2.81. The van der Waals surface area contributed by atoms with Crippen LogP contribution in [0.5, 0.6) is 23.0 Å². The maximum absolute atomic E-state index is 10.9. The van der Waals surface area contributed by atoms with E-state index in [0.29, 0.717) is 30.5 Å². The topological polar surface area (TPSA) is 74.2 Å². The zero-order chi connectivity index (χ0) is 22.1. The van der Waals surface area contributed by atoms with Crippen molar-refractivity contribution in [3.63, 3.8) is 0 Å². The molecule has 0 saturated carbocycles. The highest BCUT2D eigenvalue weighted by Crippen LogP contribution is 2.24. The number of ether oxygens (including phenoxy) is 4. The van der Waals surface area contributed by atoms with Crippen molar-refractivity contribution in [3.8, 4) is 23.0 Å². The van der Waals surface area contributed by atoms with Crippen LogP contribution in [0, 0.1) is 0 Å². The normalized spacial score (nSPS) is 10.6. The molecule has 0 aliphatic heterocycles. The fourth-order valence-corrected chi connectivity index (χ4v) is 2.81. The molecule has 3 aromatic rings. The number of hydrogen-bond acceptors (Lipinski definition) is 5. The third-order valence-corrected chi connectivity index (χ3v) is 4.44. The maximum atomic E-state index is 10.9. The van der Waals surface area contributed by atoms with Gasteiger partial charge < -0.3 is 24.1 Å². The molecule has 0 bridgehead atoms. The van der Waals surface area contributed by atoms with E-state index in [1.54, 1.807) is 26.4 Å². The number of carboxylic acid groups (broad SMARTS) is 1. The second-order valence-corrected chi connectivity index (χ2v) is 6.57. The third kappa shape index (κ3) is 6.54. The minimum atomic E-state index is -0.968. The number of benzene rings is 3. The van der Waals surface area contributed by atoms with E-state index in [-0.39, 0.29) is 5.56 Å². The molecule has 0 amide bonds. The molecule has 0 aliphatic rings. The van der Waals surface area contributed by atoms with Crippen molar-refractivity contribution in [2.24, 2.45) is 0 Å². The molecule has 0 fully saturated rings. The lowest BCUT2D eigenvalue weighted by Crippen LogP contribution is -2.09. The first-order chi connectivity index (χ1) is 15.1. The van der Waals surface area contributed by atoms with E-state index < -0.39 is 5.97 Å². The molecule has 0 radical (unpaired) electrons. The standard InChI is InChI=1S/C25H24O6/c1-28-21-9-5-18(6-10-21)3-4-19-15-23(29-2)17-24(16-19)31-14-13-30-22-11-7-20(8-12-22)25(26)27/h3-12,15-17H,13-14H2,1-2H3,(H,26,27)/b4-3+. The first kappa shape index (κ1) is 21.8. The zero-order valence-corrected chi connectivity index (χ0v) is 17.4. The molecule has 160 valence electrons. The predicted octanol–water partition coefficient (Wildman–Crippen LogP) is 5.03. The number of hydrogen-bond donors (Lipinski definition) is 1. The molecule has 3 rings (SSSR count). The molecule has 3 aromatic carbocycles. The van der Waals surface area contributed by atoms with Gasteiger partial charge in [-0.3, -0.25) is 0 Å². The van der Waals surface area contributed by atoms with Crippen LogP contribution in [0.3, 0.4) is 0 Å². The number of rotatable bonds is 10. The van der Waals surface area contributed by atoms with Gasteiger partial charge in [0.15, 0.2) is 0 Å². The van der Waals surface area contributed by atoms with Crippen LogP contribution in [-0.4, -0.2) is 38.5 Å². The highest BCUT2D eigenvalue weighted by Gasteiger charge is 2.04. The van der Waals surface area contributed by atoms with Gasteiger partial charge in [-0.15, -0.1) is 0 Å². The molecule has 0 aliphatic carbocycles. The minimum Gasteiger partial charge on any atom is -0.497 e. The van der Waals surface area contributed by atoms with Crippen LogP contribution in [0.25, 0.3) is 12.2 Å². The van der Waals surface area contributed by atoms with E-state index in [4.69, 9.17) is 24.1 Å². The van der Waals surface area contributed by atoms with Crippen molar-refractivity contribution < 1.29 is 28.8 Å². The summed E-state index contributed by atoms with van der Waals surface area (Å²) in [6.07, 6.45) is 3.99. The zero-order valence-electron chi connectivity index (χ0n) is 17.4. The molecular formula is C25H24O6. The average molecular weight is 420 g/mol. The number of carboxylic acids is 1. The molecule has 0 saturated heterocycles. The Balaban J connectivity index is 1.58. The van der Waals surface area contributed by atoms with Gasteiger partial charge in [-0.1, -0.05) is 24.3 Å². The Bertz CT molecular complexity index is 1020. The number of aromatic carboxylic acids is 1. The summed E-state index contributed by atoms with van der Waals surface area (Å²) < 4.78 is 22.0. The van der Waals surface area contributed by atoms with Crippen molar-refractivity contribution in [2.45, 2.75) is 0 Å². The van der Waals surface area contributed by atoms with Crippen LogP contribution in [0.1, 0.15) is 21.5 Å². The fourth-order valence-electron chi connectivity index (χ4n) is 2.81. The predicted molar refractivity (Wildman–Crippen MR) is 119 cm³/mol. The quantitative estimate of drug-likeness (QED) is 0.366. The highest BCUT2D eigenvalue weighted by molar-refractivity contribution is 5.87. The summed E-state index contributed by atoms with van der Waals surface area (Å²) in [4.78, 5) is 10.9. The highest BCUT2D eigenvalue weighted by atomic mass is 16.5. The molecule has 0 spiro atoms. The summed E-state index contributed by atoms with van der Waals surface area (Å²) in [5.41, 5.74) is 2.21. The van der Waals surface area contributed by atoms with Crippen LogP contribution in [0.2, 0.25) is 0 Å². The van der Waals surface area contributed by atoms with Crippen molar-refractivity contribution in [1.29, 1.82) is 0 Å². The van der Waals surface area contributed by atoms with Gasteiger partial charge in [0.25, 0.3) is 0 Å². The summed E-state index contributed by atoms with van der Waals surface area (Å²) >= 11 is 0. The Labute approximate surface area is 181 Å². The van der Waals surface area contributed by atoms with Gasteiger partial charge in [-0.25, -0.2) is 4.79 Å². The van der Waals surface area contributed by atoms with E-state index in [1.807, 2.05) is 54.6 Å². The van der Waals surface area contributed by atoms with Crippen LogP contribution >= 0.6 is 0 Å². The van der Waals surface area contributed by atoms with Crippen LogP contribution in [-0.2, 0) is 0 Å². The molecule has 31 heavy (non-hydrogen) atoms. The van der Waals surface area contributed by atoms with Gasteiger partial charge in [-0.05, 0) is 59.7 Å². The SMILES string of the molecule is COc1ccc(/C=C/c2cc(OC)cc(OCCOc3ccc(C(=O)O)cc3)c2)cc1. The van der Waals surface area contributed by atoms with Gasteiger partial charge in [0.1, 0.15) is 36.2 Å². The smallest absolute Gasteiger partial charge is 0.335 e. The molecule has 0 unspecified atom stereocenters. The van der Waals surface area contributed by atoms with Gasteiger partial charge in [0.2, 0.25) is 0 Å². The van der Waals surface area contributed by atoms with E-state index in [0.717, 1.165) is 16.9 Å². The molecule has 6 heteroatoms. The molecule has 0 aromatic heterocycles. The monoisotopic (exact) mass is 420 g/mol. The van der Waals surface area contributed by atoms with Crippen molar-refractivity contribution in [3.05, 3.63) is 83.4 Å². The second-order valence-electron chi connectivity index (χ2n) is 6.57. The van der Waals surface area contributed by atoms with Crippen LogP contribution in [0.15, 0.2) is 66.7 Å². The largest absolute Gasteiger partial charge is 0.497 e. The Morgan fingerprint density at radius 3 is 1.87 bits per heavy atom. The molecule has 0 atom stereocenters. The number of carbonyl (C=O) groups is 1. The summed E-state index contributed by atoms with van der Waals surface area (Å²) in [7, 11) is 3.25. The molecule has 1 N–H and O–H groups in total. The summed E-state index contributed by atoms with van der Waals surface area (Å²) in [6.45, 7) is 0.649. The molecule has 0 heterocycles. The Kier molecular flexibility index (Phi) is 7.54.